The van der Waals surface area contributed by atoms with E-state index in [0.717, 1.165) is 58.5 Å². The number of nitrogens with one attached hydrogen (secondary N) is 1. The van der Waals surface area contributed by atoms with E-state index in [9.17, 15) is 30.2 Å². The largest absolute Gasteiger partial charge is 0.508 e. The van der Waals surface area contributed by atoms with E-state index >= 15 is 0 Å². The van der Waals surface area contributed by atoms with Crippen LogP contribution in [0.2, 0.25) is 5.02 Å². The van der Waals surface area contributed by atoms with Gasteiger partial charge in [-0.25, -0.2) is 4.57 Å². The van der Waals surface area contributed by atoms with E-state index < -0.39 is 0 Å². The highest BCUT2D eigenvalue weighted by atomic mass is 35.5. The first-order chi connectivity index (χ1) is 36.3. The first-order valence-corrected chi connectivity index (χ1v) is 26.2. The van der Waals surface area contributed by atoms with Crippen molar-refractivity contribution in [3.8, 4) is 46.7 Å². The molecule has 0 unspecified atom stereocenters. The number of benzene rings is 4. The molecule has 6 heterocycles. The summed E-state index contributed by atoms with van der Waals surface area (Å²) in [5.74, 6) is 0.411. The lowest BCUT2D eigenvalue weighted by Crippen LogP contribution is -2.55. The van der Waals surface area contributed by atoms with Crippen molar-refractivity contribution in [1.29, 1.82) is 5.26 Å². The Hall–Kier alpha value is -7.46. The van der Waals surface area contributed by atoms with Gasteiger partial charge in [-0.15, -0.1) is 5.10 Å². The van der Waals surface area contributed by atoms with Gasteiger partial charge in [-0.1, -0.05) is 73.5 Å². The quantitative estimate of drug-likeness (QED) is 0.0815. The van der Waals surface area contributed by atoms with Gasteiger partial charge in [0, 0.05) is 80.6 Å². The molecule has 4 aromatic carbocycles. The zero-order chi connectivity index (χ0) is 52.5. The molecule has 0 radical (unpaired) electrons. The first kappa shape index (κ1) is 51.0. The van der Waals surface area contributed by atoms with Crippen molar-refractivity contribution in [1.82, 2.24) is 44.7 Å². The Balaban J connectivity index is 0.788. The number of likely N-dealkylation sites (N-methyl/N-ethyl adjacent to an activating group) is 1. The SMILES string of the molecule is C=CC(=O)N1CCN(c2nc(OC[C@@H]3C[C@H](C(=O)N[C@@H]4CCCN(Cc5ccc(-n6c(O)nnc6-c6cc(C(C)C)c(O)cc6O)cc5)C4)CN3C)nc3c2CCN(c2cccc4cccc(Cl)c24)C3)C[C@@H]1CC#N. The Bertz CT molecular complexity index is 3160. The van der Waals surface area contributed by atoms with Gasteiger partial charge in [0.25, 0.3) is 0 Å². The summed E-state index contributed by atoms with van der Waals surface area (Å²) < 4.78 is 8.00. The van der Waals surface area contributed by atoms with Crippen LogP contribution in [0.25, 0.3) is 27.8 Å². The lowest BCUT2D eigenvalue weighted by molar-refractivity contribution is -0.128. The van der Waals surface area contributed by atoms with Crippen LogP contribution in [0.3, 0.4) is 0 Å². The fourth-order valence-electron chi connectivity index (χ4n) is 11.4. The first-order valence-electron chi connectivity index (χ1n) is 25.8. The molecule has 4 N–H and O–H groups in total. The number of aromatic nitrogens is 5. The molecule has 0 bridgehead atoms. The van der Waals surface area contributed by atoms with E-state index in [1.54, 1.807) is 11.0 Å². The minimum atomic E-state index is -0.333. The van der Waals surface area contributed by atoms with Crippen molar-refractivity contribution in [3.63, 3.8) is 0 Å². The van der Waals surface area contributed by atoms with E-state index in [2.05, 4.69) is 66.0 Å². The predicted molar refractivity (Wildman–Crippen MR) is 286 cm³/mol. The van der Waals surface area contributed by atoms with Gasteiger partial charge in [0.2, 0.25) is 11.8 Å². The second kappa shape index (κ2) is 21.8. The topological polar surface area (TPSA) is 213 Å². The van der Waals surface area contributed by atoms with Crippen molar-refractivity contribution in [2.45, 2.75) is 83.1 Å². The van der Waals surface area contributed by atoms with Gasteiger partial charge < -0.3 is 40.1 Å². The Morgan fingerprint density at radius 3 is 2.52 bits per heavy atom. The number of carbonyl (C=O) groups is 2. The van der Waals surface area contributed by atoms with Crippen LogP contribution in [-0.4, -0.2) is 144 Å². The minimum Gasteiger partial charge on any atom is -0.508 e. The molecule has 19 heteroatoms. The Morgan fingerprint density at radius 1 is 0.947 bits per heavy atom. The van der Waals surface area contributed by atoms with E-state index in [1.807, 2.05) is 63.4 Å². The van der Waals surface area contributed by atoms with E-state index in [4.69, 9.17) is 26.3 Å². The molecule has 0 saturated carbocycles. The highest BCUT2D eigenvalue weighted by Gasteiger charge is 2.37. The highest BCUT2D eigenvalue weighted by molar-refractivity contribution is 6.36. The summed E-state index contributed by atoms with van der Waals surface area (Å²) in [6.07, 6.45) is 4.59. The normalized spacial score (nSPS) is 20.3. The number of phenols is 2. The molecular formula is C56H63ClN12O6. The maximum Gasteiger partial charge on any atom is 0.319 e. The average molecular weight is 1040 g/mol. The number of halogens is 1. The van der Waals surface area contributed by atoms with E-state index in [1.165, 1.54) is 16.7 Å². The highest BCUT2D eigenvalue weighted by Crippen LogP contribution is 2.40. The number of rotatable bonds is 14. The van der Waals surface area contributed by atoms with Crippen LogP contribution >= 0.6 is 11.6 Å². The molecule has 2 amide bonds. The molecule has 10 rings (SSSR count). The minimum absolute atomic E-state index is 0.00679. The molecule has 75 heavy (non-hydrogen) atoms. The number of fused-ring (bicyclic) bond motifs is 2. The van der Waals surface area contributed by atoms with Crippen molar-refractivity contribution >= 4 is 45.7 Å². The number of amides is 2. The van der Waals surface area contributed by atoms with Crippen molar-refractivity contribution < 1.29 is 29.6 Å². The lowest BCUT2D eigenvalue weighted by Gasteiger charge is -2.42. The standard InChI is InChI=1S/C56H63ClN12O6/c1-5-50(72)68-24-23-67(31-40(68)18-20-58)52-42-19-22-66(47-13-7-10-36-9-6-12-45(57)51(36)47)32-46(42)60-55(61-52)75-33-41-25-37(29-64(41)4)54(73)59-38-11-8-21-65(30-38)28-35-14-16-39(17-15-35)69-53(62-63-56(69)74)44-26-43(34(2)3)48(70)27-49(44)71/h5-7,9-10,12-17,26-27,34,37-38,40-41,70-71H,1,8,11,18-19,21-25,28-33H2,2-4H3,(H,59,73)(H,63,74)/t37-,38+,40-,41-/m0/s1. The molecule has 2 aromatic heterocycles. The molecule has 18 nitrogen and oxygen atoms in total. The molecule has 3 saturated heterocycles. The van der Waals surface area contributed by atoms with Crippen molar-refractivity contribution in [2.75, 3.05) is 69.3 Å². The van der Waals surface area contributed by atoms with Crippen LogP contribution in [0.15, 0.2) is 85.5 Å². The van der Waals surface area contributed by atoms with Crippen LogP contribution in [0.5, 0.6) is 23.5 Å². The number of piperazine rings is 1. The summed E-state index contributed by atoms with van der Waals surface area (Å²) in [6.45, 7) is 13.3. The summed E-state index contributed by atoms with van der Waals surface area (Å²) in [4.78, 5) is 47.6. The third kappa shape index (κ3) is 10.6. The summed E-state index contributed by atoms with van der Waals surface area (Å²) in [6, 6.07) is 24.6. The monoisotopic (exact) mass is 1030 g/mol. The molecule has 3 fully saturated rings. The van der Waals surface area contributed by atoms with Gasteiger partial charge in [0.1, 0.15) is 23.9 Å². The smallest absolute Gasteiger partial charge is 0.319 e. The second-order valence-electron chi connectivity index (χ2n) is 20.6. The number of nitrogens with zero attached hydrogens (tertiary/aromatic N) is 11. The number of anilines is 2. The van der Waals surface area contributed by atoms with Crippen LogP contribution in [0.1, 0.15) is 67.8 Å². The average Bonchev–Trinajstić information content (AvgIpc) is 3.98. The van der Waals surface area contributed by atoms with Crippen LogP contribution in [-0.2, 0) is 29.1 Å². The molecule has 390 valence electrons. The number of phenolic OH excluding ortho intramolecular Hbond substituents is 2. The zero-order valence-corrected chi connectivity index (χ0v) is 43.3. The lowest BCUT2D eigenvalue weighted by atomic mass is 9.98. The van der Waals surface area contributed by atoms with Crippen molar-refractivity contribution in [3.05, 3.63) is 113 Å². The Kier molecular flexibility index (Phi) is 14.8. The zero-order valence-electron chi connectivity index (χ0n) is 42.6. The van der Waals surface area contributed by atoms with Gasteiger partial charge in [0.05, 0.1) is 53.0 Å². The van der Waals surface area contributed by atoms with Crippen molar-refractivity contribution in [2.24, 2.45) is 5.92 Å². The maximum absolute atomic E-state index is 14.0. The summed E-state index contributed by atoms with van der Waals surface area (Å²) >= 11 is 6.81. The van der Waals surface area contributed by atoms with E-state index in [-0.39, 0.29) is 84.1 Å². The molecule has 4 aliphatic rings. The number of carbonyl (C=O) groups excluding carboxylic acids is 2. The van der Waals surface area contributed by atoms with E-state index in [0.29, 0.717) is 87.0 Å². The number of hydrogen-bond donors (Lipinski definition) is 4. The van der Waals surface area contributed by atoms with Gasteiger partial charge >= 0.3 is 12.0 Å². The number of ether oxygens (including phenoxy) is 1. The molecule has 0 aliphatic carbocycles. The molecule has 4 aliphatic heterocycles. The van der Waals surface area contributed by atoms with Crippen LogP contribution in [0.4, 0.5) is 11.5 Å². The molecule has 6 aromatic rings. The molecule has 4 atom stereocenters. The van der Waals surface area contributed by atoms with Gasteiger partial charge in [-0.3, -0.25) is 19.4 Å². The number of nitriles is 1. The van der Waals surface area contributed by atoms with Gasteiger partial charge in [-0.05, 0) is 98.1 Å². The second-order valence-corrected chi connectivity index (χ2v) is 21.0. The fourth-order valence-corrected chi connectivity index (χ4v) is 11.7. The number of likely N-dealkylation sites (tertiary alicyclic amines) is 2. The summed E-state index contributed by atoms with van der Waals surface area (Å²) in [5.41, 5.74) is 5.54. The Morgan fingerprint density at radius 2 is 1.75 bits per heavy atom. The predicted octanol–water partition coefficient (Wildman–Crippen LogP) is 6.93. The van der Waals surface area contributed by atoms with Crippen LogP contribution < -0.4 is 19.9 Å². The molecular weight excluding hydrogens is 972 g/mol. The van der Waals surface area contributed by atoms with Crippen LogP contribution in [0, 0.1) is 17.2 Å². The van der Waals surface area contributed by atoms with Gasteiger partial charge in [-0.2, -0.15) is 15.2 Å². The number of aromatic hydroxyl groups is 3. The number of piperidine rings is 1. The maximum atomic E-state index is 14.0. The third-order valence-electron chi connectivity index (χ3n) is 15.3. The number of hydrogen-bond acceptors (Lipinski definition) is 15. The fraction of sp³-hybridized carbons (Fsp3) is 0.411. The third-order valence-corrected chi connectivity index (χ3v) is 15.6. The van der Waals surface area contributed by atoms with Gasteiger partial charge in [0.15, 0.2) is 5.82 Å². The molecule has 0 spiro atoms. The summed E-state index contributed by atoms with van der Waals surface area (Å²) in [5, 5.41) is 55.9. The Labute approximate surface area is 441 Å². The summed E-state index contributed by atoms with van der Waals surface area (Å²) in [7, 11) is 2.02.